The molecule has 33 heavy (non-hydrogen) atoms. The second-order valence-electron chi connectivity index (χ2n) is 8.78. The zero-order valence-corrected chi connectivity index (χ0v) is 18.8. The molecule has 0 spiro atoms. The number of carbonyl (C=O) groups is 2. The van der Waals surface area contributed by atoms with Crippen LogP contribution in [0.3, 0.4) is 0 Å². The highest BCUT2D eigenvalue weighted by atomic mass is 16.3. The first kappa shape index (κ1) is 22.7. The Morgan fingerprint density at radius 3 is 2.33 bits per heavy atom. The Kier molecular flexibility index (Phi) is 7.19. The third-order valence-electron chi connectivity index (χ3n) is 6.57. The van der Waals surface area contributed by atoms with Gasteiger partial charge < -0.3 is 10.0 Å². The number of aromatic nitrogens is 2. The molecule has 0 bridgehead atoms. The van der Waals surface area contributed by atoms with Crippen LogP contribution in [0.4, 0.5) is 0 Å². The van der Waals surface area contributed by atoms with Gasteiger partial charge in [-0.1, -0.05) is 60.7 Å². The van der Waals surface area contributed by atoms with E-state index in [2.05, 4.69) is 69.6 Å². The maximum atomic E-state index is 12.3. The fraction of sp³-hybridized carbons (Fsp3) is 0.346. The molecule has 2 aliphatic rings. The molecule has 3 aromatic rings. The number of carboxylic acid groups (broad SMARTS) is 1. The molecule has 2 fully saturated rings. The van der Waals surface area contributed by atoms with Gasteiger partial charge in [-0.05, 0) is 17.0 Å². The number of fused-ring (bicyclic) bond motifs is 1. The van der Waals surface area contributed by atoms with Crippen LogP contribution in [-0.2, 0) is 22.7 Å². The first-order valence-corrected chi connectivity index (χ1v) is 11.3. The SMILES string of the molecule is CC(=O)N1C[C@H]2CN(Cc3cnn(Cc4ccccc4)c3)C[C@H]2[C@@H]1c1ccccc1.O=CO. The lowest BCUT2D eigenvalue weighted by atomic mass is 9.89. The monoisotopic (exact) mass is 446 g/mol. The minimum atomic E-state index is -0.250. The van der Waals surface area contributed by atoms with E-state index in [1.54, 1.807) is 6.92 Å². The number of benzene rings is 2. The molecular weight excluding hydrogens is 416 g/mol. The second-order valence-corrected chi connectivity index (χ2v) is 8.78. The molecule has 0 radical (unpaired) electrons. The minimum absolute atomic E-state index is 0.187. The third-order valence-corrected chi connectivity index (χ3v) is 6.57. The van der Waals surface area contributed by atoms with E-state index in [1.165, 1.54) is 16.7 Å². The van der Waals surface area contributed by atoms with Crippen LogP contribution in [0, 0.1) is 11.8 Å². The molecule has 3 heterocycles. The largest absolute Gasteiger partial charge is 0.483 e. The van der Waals surface area contributed by atoms with Crippen molar-refractivity contribution in [3.05, 3.63) is 89.7 Å². The standard InChI is InChI=1S/C25H28N4O.CH2O2/c1-19(30)29-17-23-16-27(18-24(23)25(29)22-10-6-3-7-11-22)13-21-12-26-28(15-21)14-20-8-4-2-5-9-20;2-1-3/h2-12,15,23-25H,13-14,16-18H2,1H3;1H,(H,2,3)/t23-,24-,25+;/m1./s1. The van der Waals surface area contributed by atoms with Gasteiger partial charge in [-0.3, -0.25) is 19.2 Å². The summed E-state index contributed by atoms with van der Waals surface area (Å²) < 4.78 is 2.02. The van der Waals surface area contributed by atoms with Crippen LogP contribution in [0.1, 0.15) is 29.7 Å². The van der Waals surface area contributed by atoms with Crippen molar-refractivity contribution in [3.8, 4) is 0 Å². The summed E-state index contributed by atoms with van der Waals surface area (Å²) in [6, 6.07) is 21.2. The molecule has 1 aromatic heterocycles. The minimum Gasteiger partial charge on any atom is -0.483 e. The van der Waals surface area contributed by atoms with E-state index in [0.29, 0.717) is 11.8 Å². The van der Waals surface area contributed by atoms with Gasteiger partial charge in [0.15, 0.2) is 0 Å². The van der Waals surface area contributed by atoms with E-state index >= 15 is 0 Å². The van der Waals surface area contributed by atoms with Crippen molar-refractivity contribution in [3.63, 3.8) is 0 Å². The summed E-state index contributed by atoms with van der Waals surface area (Å²) in [5, 5.41) is 11.4. The maximum Gasteiger partial charge on any atom is 0.290 e. The Balaban J connectivity index is 0.000000821. The van der Waals surface area contributed by atoms with Crippen LogP contribution in [-0.4, -0.2) is 56.7 Å². The number of hydrogen-bond donors (Lipinski definition) is 1. The molecule has 0 saturated carbocycles. The lowest BCUT2D eigenvalue weighted by Gasteiger charge is -2.29. The van der Waals surface area contributed by atoms with Crippen LogP contribution in [0.15, 0.2) is 73.1 Å². The van der Waals surface area contributed by atoms with E-state index in [1.807, 2.05) is 23.0 Å². The number of likely N-dealkylation sites (tertiary alicyclic amines) is 2. The molecule has 0 unspecified atom stereocenters. The summed E-state index contributed by atoms with van der Waals surface area (Å²) in [7, 11) is 0. The average Bonchev–Trinajstić information content (AvgIpc) is 3.50. The van der Waals surface area contributed by atoms with Gasteiger partial charge in [0.05, 0.1) is 18.8 Å². The van der Waals surface area contributed by atoms with Crippen LogP contribution in [0.2, 0.25) is 0 Å². The summed E-state index contributed by atoms with van der Waals surface area (Å²) in [5.41, 5.74) is 3.78. The lowest BCUT2D eigenvalue weighted by Crippen LogP contribution is -2.34. The molecule has 5 rings (SSSR count). The van der Waals surface area contributed by atoms with Gasteiger partial charge >= 0.3 is 0 Å². The Morgan fingerprint density at radius 2 is 1.67 bits per heavy atom. The van der Waals surface area contributed by atoms with Gasteiger partial charge in [-0.25, -0.2) is 0 Å². The first-order valence-electron chi connectivity index (χ1n) is 11.3. The van der Waals surface area contributed by atoms with E-state index < -0.39 is 0 Å². The van der Waals surface area contributed by atoms with Crippen LogP contribution >= 0.6 is 0 Å². The molecule has 2 aromatic carbocycles. The summed E-state index contributed by atoms with van der Waals surface area (Å²) in [5.74, 6) is 1.22. The molecule has 3 atom stereocenters. The third kappa shape index (κ3) is 5.31. The predicted octanol–water partition coefficient (Wildman–Crippen LogP) is 3.28. The zero-order valence-electron chi connectivity index (χ0n) is 18.8. The maximum absolute atomic E-state index is 12.3. The zero-order chi connectivity index (χ0) is 23.2. The summed E-state index contributed by atoms with van der Waals surface area (Å²) in [6.07, 6.45) is 4.16. The van der Waals surface area contributed by atoms with Crippen LogP contribution in [0.25, 0.3) is 0 Å². The molecule has 2 saturated heterocycles. The van der Waals surface area contributed by atoms with Gasteiger partial charge in [0.2, 0.25) is 5.91 Å². The van der Waals surface area contributed by atoms with Crippen molar-refractivity contribution in [1.29, 1.82) is 0 Å². The van der Waals surface area contributed by atoms with Gasteiger partial charge in [0, 0.05) is 50.8 Å². The molecule has 0 aliphatic carbocycles. The van der Waals surface area contributed by atoms with Crippen molar-refractivity contribution in [2.75, 3.05) is 19.6 Å². The van der Waals surface area contributed by atoms with E-state index in [9.17, 15) is 4.79 Å². The first-order chi connectivity index (χ1) is 16.1. The van der Waals surface area contributed by atoms with Crippen LogP contribution in [0.5, 0.6) is 0 Å². The molecule has 2 aliphatic heterocycles. The van der Waals surface area contributed by atoms with Crippen molar-refractivity contribution in [2.24, 2.45) is 11.8 Å². The number of amides is 1. The molecule has 1 amide bonds. The van der Waals surface area contributed by atoms with Crippen molar-refractivity contribution < 1.29 is 14.7 Å². The number of rotatable bonds is 5. The van der Waals surface area contributed by atoms with E-state index in [4.69, 9.17) is 9.90 Å². The van der Waals surface area contributed by atoms with Gasteiger partial charge in [-0.2, -0.15) is 5.10 Å². The Morgan fingerprint density at radius 1 is 1.00 bits per heavy atom. The van der Waals surface area contributed by atoms with Crippen molar-refractivity contribution >= 4 is 12.4 Å². The van der Waals surface area contributed by atoms with Gasteiger partial charge in [0.1, 0.15) is 0 Å². The lowest BCUT2D eigenvalue weighted by molar-refractivity contribution is -0.130. The highest BCUT2D eigenvalue weighted by molar-refractivity contribution is 5.74. The highest BCUT2D eigenvalue weighted by Crippen LogP contribution is 2.45. The number of hydrogen-bond acceptors (Lipinski definition) is 4. The van der Waals surface area contributed by atoms with E-state index in [0.717, 1.165) is 32.7 Å². The fourth-order valence-corrected chi connectivity index (χ4v) is 5.27. The van der Waals surface area contributed by atoms with E-state index in [-0.39, 0.29) is 18.4 Å². The Bertz CT molecular complexity index is 1050. The van der Waals surface area contributed by atoms with Crippen molar-refractivity contribution in [2.45, 2.75) is 26.1 Å². The average molecular weight is 447 g/mol. The molecule has 7 heteroatoms. The second kappa shape index (κ2) is 10.4. The summed E-state index contributed by atoms with van der Waals surface area (Å²) >= 11 is 0. The quantitative estimate of drug-likeness (QED) is 0.609. The molecule has 7 nitrogen and oxygen atoms in total. The molecule has 172 valence electrons. The molecule has 1 N–H and O–H groups in total. The fourth-order valence-electron chi connectivity index (χ4n) is 5.27. The topological polar surface area (TPSA) is 78.7 Å². The number of carbonyl (C=O) groups excluding carboxylic acids is 1. The molecular formula is C26H30N4O3. The Labute approximate surface area is 194 Å². The highest BCUT2D eigenvalue weighted by Gasteiger charge is 2.48. The van der Waals surface area contributed by atoms with Gasteiger partial charge in [-0.15, -0.1) is 0 Å². The Hall–Kier alpha value is -3.45. The van der Waals surface area contributed by atoms with Crippen LogP contribution < -0.4 is 0 Å². The normalized spacial score (nSPS) is 21.8. The van der Waals surface area contributed by atoms with Crippen molar-refractivity contribution in [1.82, 2.24) is 19.6 Å². The summed E-state index contributed by atoms with van der Waals surface area (Å²) in [6.45, 7) is 6.11. The smallest absolute Gasteiger partial charge is 0.290 e. The number of nitrogens with zero attached hydrogens (tertiary/aromatic N) is 4. The predicted molar refractivity (Wildman–Crippen MR) is 125 cm³/mol. The summed E-state index contributed by atoms with van der Waals surface area (Å²) in [4.78, 5) is 25.3. The van der Waals surface area contributed by atoms with Gasteiger partial charge in [0.25, 0.3) is 6.47 Å².